The Morgan fingerprint density at radius 2 is 2.11 bits per heavy atom. The van der Waals surface area contributed by atoms with Crippen molar-refractivity contribution in [3.63, 3.8) is 0 Å². The third-order valence-corrected chi connectivity index (χ3v) is 5.97. The normalized spacial score (nSPS) is 18.0. The number of carboxylic acid groups (broad SMARTS) is 1. The van der Waals surface area contributed by atoms with Crippen LogP contribution in [0.1, 0.15) is 62.1 Å². The summed E-state index contributed by atoms with van der Waals surface area (Å²) in [6.07, 6.45) is 3.06. The van der Waals surface area contributed by atoms with Crippen LogP contribution in [0.2, 0.25) is 0 Å². The van der Waals surface area contributed by atoms with Crippen LogP contribution in [0.4, 0.5) is 10.6 Å². The Labute approximate surface area is 211 Å². The molecule has 35 heavy (non-hydrogen) atoms. The monoisotopic (exact) mass is 545 g/mol. The number of benzene rings is 1. The van der Waals surface area contributed by atoms with Crippen LogP contribution in [0.15, 0.2) is 35.1 Å². The molecule has 2 aromatic heterocycles. The van der Waals surface area contributed by atoms with Crippen LogP contribution >= 0.6 is 15.9 Å². The zero-order chi connectivity index (χ0) is 25.5. The number of alkyl carbamates (subject to hydrolysis) is 1. The number of nitrogens with one attached hydrogen (secondary N) is 2. The summed E-state index contributed by atoms with van der Waals surface area (Å²) in [4.78, 5) is 28.0. The number of rotatable bonds is 6. The molecule has 3 heterocycles. The number of hydrogen-bond acceptors (Lipinski definition) is 7. The molecule has 0 spiro atoms. The molecule has 0 radical (unpaired) electrons. The first-order valence-electron chi connectivity index (χ1n) is 11.2. The fourth-order valence-electron chi connectivity index (χ4n) is 4.01. The van der Waals surface area contributed by atoms with E-state index in [-0.39, 0.29) is 23.8 Å². The van der Waals surface area contributed by atoms with Crippen LogP contribution in [0.5, 0.6) is 5.75 Å². The van der Waals surface area contributed by atoms with E-state index in [2.05, 4.69) is 36.6 Å². The number of amides is 1. The number of carboxylic acids is 1. The third-order valence-electron chi connectivity index (χ3n) is 5.51. The Kier molecular flexibility index (Phi) is 6.39. The molecule has 1 aromatic carbocycles. The van der Waals surface area contributed by atoms with E-state index in [1.165, 1.54) is 10.7 Å². The fraction of sp³-hybridized carbons (Fsp3) is 0.417. The van der Waals surface area contributed by atoms with Crippen molar-refractivity contribution in [2.45, 2.75) is 58.3 Å². The number of aromatic nitrogens is 3. The van der Waals surface area contributed by atoms with Gasteiger partial charge in [0.1, 0.15) is 28.3 Å². The van der Waals surface area contributed by atoms with Crippen molar-refractivity contribution >= 4 is 39.5 Å². The van der Waals surface area contributed by atoms with Crippen LogP contribution < -0.4 is 15.4 Å². The molecule has 3 aromatic rings. The minimum absolute atomic E-state index is 0.0289. The molecule has 0 bridgehead atoms. The number of nitrogens with zero attached hydrogens (tertiary/aromatic N) is 3. The quantitative estimate of drug-likeness (QED) is 0.410. The van der Waals surface area contributed by atoms with Crippen molar-refractivity contribution in [2.24, 2.45) is 0 Å². The molecule has 10 nitrogen and oxygen atoms in total. The number of ether oxygens (including phenoxy) is 2. The molecule has 2 atom stereocenters. The Bertz CT molecular complexity index is 1300. The van der Waals surface area contributed by atoms with Crippen molar-refractivity contribution in [1.29, 1.82) is 0 Å². The summed E-state index contributed by atoms with van der Waals surface area (Å²) < 4.78 is 14.0. The lowest BCUT2D eigenvalue weighted by molar-refractivity contribution is 0.0447. The summed E-state index contributed by atoms with van der Waals surface area (Å²) >= 11 is 3.59. The highest BCUT2D eigenvalue weighted by molar-refractivity contribution is 9.10. The van der Waals surface area contributed by atoms with Crippen LogP contribution in [0, 0.1) is 0 Å². The minimum Gasteiger partial charge on any atom is -0.485 e. The first-order chi connectivity index (χ1) is 16.3. The van der Waals surface area contributed by atoms with E-state index in [9.17, 15) is 14.7 Å². The van der Waals surface area contributed by atoms with Crippen molar-refractivity contribution < 1.29 is 24.2 Å². The van der Waals surface area contributed by atoms with E-state index in [0.717, 1.165) is 21.3 Å². The predicted octanol–water partition coefficient (Wildman–Crippen LogP) is 4.58. The van der Waals surface area contributed by atoms with Gasteiger partial charge in [-0.2, -0.15) is 5.10 Å². The lowest BCUT2D eigenvalue weighted by Crippen LogP contribution is -2.45. The number of carbonyl (C=O) groups excluding carboxylic acids is 1. The molecular formula is C24H28BrN5O5. The first kappa shape index (κ1) is 24.8. The number of hydrogen-bond donors (Lipinski definition) is 3. The Morgan fingerprint density at radius 3 is 2.80 bits per heavy atom. The van der Waals surface area contributed by atoms with E-state index in [1.54, 1.807) is 12.3 Å². The summed E-state index contributed by atoms with van der Waals surface area (Å²) in [6.45, 7) is 9.65. The number of halogens is 1. The van der Waals surface area contributed by atoms with E-state index < -0.39 is 23.3 Å². The largest absolute Gasteiger partial charge is 0.485 e. The Balaban J connectivity index is 1.53. The van der Waals surface area contributed by atoms with Crippen molar-refractivity contribution in [1.82, 2.24) is 19.9 Å². The first-order valence-corrected chi connectivity index (χ1v) is 12.0. The maximum Gasteiger partial charge on any atom is 0.407 e. The molecule has 1 aliphatic heterocycles. The maximum atomic E-state index is 12.1. The van der Waals surface area contributed by atoms with E-state index >= 15 is 0 Å². The zero-order valence-electron chi connectivity index (χ0n) is 20.2. The van der Waals surface area contributed by atoms with Gasteiger partial charge in [-0.05, 0) is 58.4 Å². The SMILES string of the molecule is C[C@@H](Nc1ccn2ncc(C(=O)O)c2n1)c1cc(Br)cc2c1OC(C)(CNC(=O)OC(C)(C)C)C2. The van der Waals surface area contributed by atoms with E-state index in [4.69, 9.17) is 9.47 Å². The smallest absolute Gasteiger partial charge is 0.407 e. The highest BCUT2D eigenvalue weighted by Gasteiger charge is 2.38. The lowest BCUT2D eigenvalue weighted by Gasteiger charge is -2.27. The van der Waals surface area contributed by atoms with Crippen LogP contribution in [-0.2, 0) is 11.2 Å². The van der Waals surface area contributed by atoms with E-state index in [0.29, 0.717) is 12.2 Å². The molecule has 3 N–H and O–H groups in total. The molecule has 0 saturated heterocycles. The molecular weight excluding hydrogens is 518 g/mol. The molecule has 11 heteroatoms. The van der Waals surface area contributed by atoms with Gasteiger partial charge in [-0.25, -0.2) is 19.1 Å². The topological polar surface area (TPSA) is 127 Å². The number of aromatic carboxylic acids is 1. The molecule has 0 aliphatic carbocycles. The molecule has 1 aliphatic rings. The Morgan fingerprint density at radius 1 is 1.37 bits per heavy atom. The van der Waals surface area contributed by atoms with Crippen LogP contribution in [-0.4, -0.2) is 49.5 Å². The van der Waals surface area contributed by atoms with Gasteiger partial charge in [0.2, 0.25) is 0 Å². The summed E-state index contributed by atoms with van der Waals surface area (Å²) in [7, 11) is 0. The summed E-state index contributed by atoms with van der Waals surface area (Å²) in [5, 5.41) is 19.5. The molecule has 186 valence electrons. The van der Waals surface area contributed by atoms with Gasteiger partial charge in [0.05, 0.1) is 18.8 Å². The predicted molar refractivity (Wildman–Crippen MR) is 133 cm³/mol. The van der Waals surface area contributed by atoms with Crippen LogP contribution in [0.3, 0.4) is 0 Å². The van der Waals surface area contributed by atoms with E-state index in [1.807, 2.05) is 46.8 Å². The maximum absolute atomic E-state index is 12.1. The molecule has 4 rings (SSSR count). The van der Waals surface area contributed by atoms with Gasteiger partial charge in [-0.1, -0.05) is 15.9 Å². The van der Waals surface area contributed by atoms with Gasteiger partial charge in [0.25, 0.3) is 0 Å². The highest BCUT2D eigenvalue weighted by Crippen LogP contribution is 2.42. The molecule has 1 amide bonds. The fourth-order valence-corrected chi connectivity index (χ4v) is 4.53. The van der Waals surface area contributed by atoms with Gasteiger partial charge >= 0.3 is 12.1 Å². The summed E-state index contributed by atoms with van der Waals surface area (Å²) in [6, 6.07) is 5.51. The van der Waals surface area contributed by atoms with Gasteiger partial charge in [-0.3, -0.25) is 0 Å². The van der Waals surface area contributed by atoms with Gasteiger partial charge < -0.3 is 25.2 Å². The highest BCUT2D eigenvalue weighted by atomic mass is 79.9. The second kappa shape index (κ2) is 9.03. The average Bonchev–Trinajstić information content (AvgIpc) is 3.31. The van der Waals surface area contributed by atoms with Gasteiger partial charge in [-0.15, -0.1) is 0 Å². The number of carbonyl (C=O) groups is 2. The van der Waals surface area contributed by atoms with Gasteiger partial charge in [0, 0.05) is 22.7 Å². The van der Waals surface area contributed by atoms with Gasteiger partial charge in [0.15, 0.2) is 5.65 Å². The molecule has 1 unspecified atom stereocenters. The van der Waals surface area contributed by atoms with Crippen molar-refractivity contribution in [3.8, 4) is 5.75 Å². The standard InChI is InChI=1S/C24H28BrN5O5/c1-13(28-18-6-7-30-20(29-18)17(11-27-30)21(31)32)16-9-15(25)8-14-10-24(5,34-19(14)16)12-26-22(33)35-23(2,3)4/h6-9,11,13H,10,12H2,1-5H3,(H,26,33)(H,28,29)(H,31,32)/t13-,24?/m1/s1. The average molecular weight is 546 g/mol. The van der Waals surface area contributed by atoms with Crippen molar-refractivity contribution in [2.75, 3.05) is 11.9 Å². The van der Waals surface area contributed by atoms with Crippen molar-refractivity contribution in [3.05, 3.63) is 51.8 Å². The second-order valence-electron chi connectivity index (χ2n) is 9.88. The number of anilines is 1. The third kappa shape index (κ3) is 5.50. The summed E-state index contributed by atoms with van der Waals surface area (Å²) in [5.74, 6) is 0.169. The number of fused-ring (bicyclic) bond motifs is 2. The minimum atomic E-state index is -1.09. The molecule has 0 saturated carbocycles. The zero-order valence-corrected chi connectivity index (χ0v) is 21.8. The summed E-state index contributed by atoms with van der Waals surface area (Å²) in [5.41, 5.74) is 0.989. The second-order valence-corrected chi connectivity index (χ2v) is 10.8. The molecule has 0 fully saturated rings. The lowest BCUT2D eigenvalue weighted by atomic mass is 9.97. The van der Waals surface area contributed by atoms with Crippen LogP contribution in [0.25, 0.3) is 5.65 Å². The Hall–Kier alpha value is -3.34.